The molecular formula is C14H15N6O+. The van der Waals surface area contributed by atoms with Crippen molar-refractivity contribution >= 4 is 17.2 Å². The minimum Gasteiger partial charge on any atom is -0.497 e. The fourth-order valence-electron chi connectivity index (χ4n) is 1.88. The smallest absolute Gasteiger partial charge is 0.325 e. The largest absolute Gasteiger partial charge is 0.497 e. The maximum atomic E-state index is 5.21. The Kier molecular flexibility index (Phi) is 3.46. The molecule has 0 aliphatic heterocycles. The number of hydrogen-bond acceptors (Lipinski definition) is 5. The van der Waals surface area contributed by atoms with Crippen molar-refractivity contribution in [2.24, 2.45) is 5.10 Å². The Morgan fingerprint density at radius 2 is 2.24 bits per heavy atom. The first kappa shape index (κ1) is 13.0. The van der Waals surface area contributed by atoms with Crippen molar-refractivity contribution in [3.05, 3.63) is 48.3 Å². The Morgan fingerprint density at radius 3 is 3.10 bits per heavy atom. The molecule has 1 aromatic carbocycles. The van der Waals surface area contributed by atoms with E-state index in [1.165, 1.54) is 0 Å². The van der Waals surface area contributed by atoms with Crippen LogP contribution in [0.2, 0.25) is 0 Å². The van der Waals surface area contributed by atoms with Gasteiger partial charge in [-0.25, -0.2) is 0 Å². The molecule has 0 amide bonds. The van der Waals surface area contributed by atoms with Gasteiger partial charge in [0.05, 0.1) is 12.8 Å². The standard InChI is InChI=1S/C14H14N6O/c1-10(11-4-3-5-12(8-11)21-2)16-17-13-6-7-14-18-15-9-20(14)19-13/h3-9H,1-2H3,(H,17,19)/p+1. The lowest BCUT2D eigenvalue weighted by molar-refractivity contribution is -0.579. The lowest BCUT2D eigenvalue weighted by Crippen LogP contribution is -2.24. The van der Waals surface area contributed by atoms with Crippen LogP contribution in [0.3, 0.4) is 0 Å². The summed E-state index contributed by atoms with van der Waals surface area (Å²) in [7, 11) is 1.64. The maximum absolute atomic E-state index is 5.21. The molecule has 106 valence electrons. The zero-order valence-electron chi connectivity index (χ0n) is 11.7. The van der Waals surface area contributed by atoms with Crippen molar-refractivity contribution < 1.29 is 9.25 Å². The molecule has 0 saturated heterocycles. The Bertz CT molecular complexity index is 795. The third kappa shape index (κ3) is 2.81. The van der Waals surface area contributed by atoms with Crippen LogP contribution in [0.5, 0.6) is 5.75 Å². The molecule has 7 nitrogen and oxygen atoms in total. The Morgan fingerprint density at radius 1 is 1.33 bits per heavy atom. The first-order chi connectivity index (χ1) is 10.3. The monoisotopic (exact) mass is 283 g/mol. The number of H-pyrrole nitrogens is 1. The number of aromatic nitrogens is 4. The van der Waals surface area contributed by atoms with Gasteiger partial charge in [0.1, 0.15) is 5.75 Å². The molecule has 0 bridgehead atoms. The van der Waals surface area contributed by atoms with Crippen LogP contribution < -0.4 is 14.7 Å². The van der Waals surface area contributed by atoms with E-state index >= 15 is 0 Å². The summed E-state index contributed by atoms with van der Waals surface area (Å²) in [6, 6.07) is 11.4. The molecule has 21 heavy (non-hydrogen) atoms. The van der Waals surface area contributed by atoms with E-state index in [4.69, 9.17) is 4.74 Å². The molecule has 0 atom stereocenters. The zero-order chi connectivity index (χ0) is 14.7. The molecule has 2 N–H and O–H groups in total. The predicted molar refractivity (Wildman–Crippen MR) is 78.4 cm³/mol. The molecule has 0 saturated carbocycles. The van der Waals surface area contributed by atoms with Crippen LogP contribution >= 0.6 is 0 Å². The average Bonchev–Trinajstić information content (AvgIpc) is 3.00. The molecule has 0 fully saturated rings. The summed E-state index contributed by atoms with van der Waals surface area (Å²) in [4.78, 5) is 0. The van der Waals surface area contributed by atoms with Crippen LogP contribution in [0.15, 0.2) is 47.8 Å². The highest BCUT2D eigenvalue weighted by Gasteiger charge is 2.05. The van der Waals surface area contributed by atoms with Crippen molar-refractivity contribution in [3.8, 4) is 5.75 Å². The topological polar surface area (TPSA) is 79.3 Å². The third-order valence-corrected chi connectivity index (χ3v) is 3.03. The SMILES string of the molecule is COc1cccc(C(C)=NNc2ccc3n[nH]c[n+]3n2)c1. The molecule has 2 aromatic heterocycles. The van der Waals surface area contributed by atoms with Crippen LogP contribution in [0.1, 0.15) is 12.5 Å². The van der Waals surface area contributed by atoms with Gasteiger partial charge in [-0.15, -0.1) is 9.61 Å². The van der Waals surface area contributed by atoms with E-state index in [1.54, 1.807) is 18.0 Å². The number of nitrogens with one attached hydrogen (secondary N) is 2. The highest BCUT2D eigenvalue weighted by atomic mass is 16.5. The summed E-state index contributed by atoms with van der Waals surface area (Å²) in [6.07, 6.45) is 1.67. The number of nitrogens with zero attached hydrogens (tertiary/aromatic N) is 4. The van der Waals surface area contributed by atoms with Gasteiger partial charge < -0.3 is 4.74 Å². The maximum Gasteiger partial charge on any atom is 0.325 e. The van der Waals surface area contributed by atoms with Crippen molar-refractivity contribution in [2.75, 3.05) is 12.5 Å². The molecule has 2 heterocycles. The Hall–Kier alpha value is -2.96. The number of anilines is 1. The van der Waals surface area contributed by atoms with Gasteiger partial charge in [-0.3, -0.25) is 5.43 Å². The van der Waals surface area contributed by atoms with Gasteiger partial charge in [-0.1, -0.05) is 17.2 Å². The number of rotatable bonds is 4. The molecule has 7 heteroatoms. The van der Waals surface area contributed by atoms with E-state index in [2.05, 4.69) is 25.8 Å². The van der Waals surface area contributed by atoms with Gasteiger partial charge in [0.2, 0.25) is 6.33 Å². The second-order valence-corrected chi connectivity index (χ2v) is 4.43. The summed E-state index contributed by atoms with van der Waals surface area (Å²) in [5.41, 5.74) is 5.51. The number of aromatic amines is 1. The number of hydrogen-bond donors (Lipinski definition) is 2. The van der Waals surface area contributed by atoms with Crippen LogP contribution in [-0.2, 0) is 0 Å². The highest BCUT2D eigenvalue weighted by Crippen LogP contribution is 2.13. The first-order valence-electron chi connectivity index (χ1n) is 6.43. The van der Waals surface area contributed by atoms with Crippen molar-refractivity contribution in [2.45, 2.75) is 6.92 Å². The van der Waals surface area contributed by atoms with Crippen LogP contribution in [0.25, 0.3) is 5.65 Å². The van der Waals surface area contributed by atoms with Gasteiger partial charge in [0, 0.05) is 16.7 Å². The second kappa shape index (κ2) is 5.58. The molecule has 3 rings (SSSR count). The summed E-state index contributed by atoms with van der Waals surface area (Å²) >= 11 is 0. The number of methoxy groups -OCH3 is 1. The van der Waals surface area contributed by atoms with E-state index in [0.717, 1.165) is 22.7 Å². The molecule has 0 aliphatic carbocycles. The molecule has 0 unspecified atom stereocenters. The minimum absolute atomic E-state index is 0.635. The minimum atomic E-state index is 0.635. The second-order valence-electron chi connectivity index (χ2n) is 4.43. The summed E-state index contributed by atoms with van der Waals surface area (Å²) in [6.45, 7) is 1.92. The average molecular weight is 283 g/mol. The number of hydrazone groups is 1. The van der Waals surface area contributed by atoms with E-state index in [1.807, 2.05) is 43.3 Å². The van der Waals surface area contributed by atoms with E-state index in [-0.39, 0.29) is 0 Å². The normalized spacial score (nSPS) is 11.6. The fraction of sp³-hybridized carbons (Fsp3) is 0.143. The summed E-state index contributed by atoms with van der Waals surface area (Å²) in [5, 5.41) is 15.4. The van der Waals surface area contributed by atoms with Crippen molar-refractivity contribution in [3.63, 3.8) is 0 Å². The van der Waals surface area contributed by atoms with Crippen LogP contribution in [-0.4, -0.2) is 28.1 Å². The van der Waals surface area contributed by atoms with E-state index in [9.17, 15) is 0 Å². The van der Waals surface area contributed by atoms with Crippen molar-refractivity contribution in [1.82, 2.24) is 15.3 Å². The lowest BCUT2D eigenvalue weighted by atomic mass is 10.1. The molecule has 0 radical (unpaired) electrons. The van der Waals surface area contributed by atoms with Crippen LogP contribution in [0.4, 0.5) is 5.82 Å². The van der Waals surface area contributed by atoms with Gasteiger partial charge >= 0.3 is 5.65 Å². The van der Waals surface area contributed by atoms with Gasteiger partial charge in [0.25, 0.3) is 0 Å². The summed E-state index contributed by atoms with van der Waals surface area (Å²) in [5.74, 6) is 1.44. The molecule has 0 aliphatic rings. The van der Waals surface area contributed by atoms with Gasteiger partial charge in [-0.2, -0.15) is 5.10 Å². The quantitative estimate of drug-likeness (QED) is 0.431. The van der Waals surface area contributed by atoms with Gasteiger partial charge in [0.15, 0.2) is 5.82 Å². The zero-order valence-corrected chi connectivity index (χ0v) is 11.7. The molecular weight excluding hydrogens is 268 g/mol. The Labute approximate surface area is 121 Å². The van der Waals surface area contributed by atoms with E-state index in [0.29, 0.717) is 5.82 Å². The molecule has 3 aromatic rings. The third-order valence-electron chi connectivity index (χ3n) is 3.03. The number of ether oxygens (including phenoxy) is 1. The highest BCUT2D eigenvalue weighted by molar-refractivity contribution is 5.99. The van der Waals surface area contributed by atoms with Crippen molar-refractivity contribution in [1.29, 1.82) is 0 Å². The van der Waals surface area contributed by atoms with E-state index < -0.39 is 0 Å². The summed E-state index contributed by atoms with van der Waals surface area (Å²) < 4.78 is 6.84. The Balaban J connectivity index is 1.80. The lowest BCUT2D eigenvalue weighted by Gasteiger charge is -2.04. The first-order valence-corrected chi connectivity index (χ1v) is 6.43. The predicted octanol–water partition coefficient (Wildman–Crippen LogP) is 1.39. The fourth-order valence-corrected chi connectivity index (χ4v) is 1.88. The number of fused-ring (bicyclic) bond motifs is 1. The number of benzene rings is 1. The molecule has 0 spiro atoms. The van der Waals surface area contributed by atoms with Gasteiger partial charge in [-0.05, 0) is 25.1 Å². The van der Waals surface area contributed by atoms with Crippen LogP contribution in [0, 0.1) is 0 Å².